The van der Waals surface area contributed by atoms with E-state index < -0.39 is 0 Å². The van der Waals surface area contributed by atoms with E-state index in [1.807, 2.05) is 19.9 Å². The van der Waals surface area contributed by atoms with Crippen molar-refractivity contribution in [3.05, 3.63) is 27.7 Å². The molecule has 0 heterocycles. The molecule has 1 aromatic carbocycles. The zero-order valence-electron chi connectivity index (χ0n) is 11.7. The molecular weight excluding hydrogens is 306 g/mol. The summed E-state index contributed by atoms with van der Waals surface area (Å²) in [6.45, 7) is 6.53. The highest BCUT2D eigenvalue weighted by molar-refractivity contribution is 9.10. The fourth-order valence-electron chi connectivity index (χ4n) is 1.71. The number of aryl methyl sites for hydroxylation is 1. The highest BCUT2D eigenvalue weighted by Crippen LogP contribution is 2.28. The summed E-state index contributed by atoms with van der Waals surface area (Å²) in [5, 5.41) is 3.33. The maximum absolute atomic E-state index is 5.75. The number of hydrogen-bond donors (Lipinski definition) is 1. The average molecular weight is 326 g/mol. The van der Waals surface area contributed by atoms with Crippen molar-refractivity contribution in [1.29, 1.82) is 0 Å². The molecular formula is C15H20BrNO2. The molecule has 0 aromatic heterocycles. The fourth-order valence-corrected chi connectivity index (χ4v) is 2.33. The van der Waals surface area contributed by atoms with Crippen molar-refractivity contribution in [2.45, 2.75) is 20.4 Å². The van der Waals surface area contributed by atoms with Crippen molar-refractivity contribution >= 4 is 15.9 Å². The summed E-state index contributed by atoms with van der Waals surface area (Å²) in [5.74, 6) is 6.66. The summed E-state index contributed by atoms with van der Waals surface area (Å²) in [6.07, 6.45) is 0. The number of methoxy groups -OCH3 is 1. The predicted molar refractivity (Wildman–Crippen MR) is 81.4 cm³/mol. The maximum atomic E-state index is 5.75. The normalized spacial score (nSPS) is 9.89. The van der Waals surface area contributed by atoms with Crippen LogP contribution in [0.25, 0.3) is 0 Å². The lowest BCUT2D eigenvalue weighted by atomic mass is 10.1. The van der Waals surface area contributed by atoms with Gasteiger partial charge in [0, 0.05) is 30.2 Å². The number of ether oxygens (including phenoxy) is 2. The van der Waals surface area contributed by atoms with Gasteiger partial charge in [0.25, 0.3) is 0 Å². The maximum Gasteiger partial charge on any atom is 0.149 e. The van der Waals surface area contributed by atoms with Crippen LogP contribution in [0.3, 0.4) is 0 Å². The Morgan fingerprint density at radius 1 is 1.37 bits per heavy atom. The average Bonchev–Trinajstić information content (AvgIpc) is 2.37. The highest BCUT2D eigenvalue weighted by Gasteiger charge is 2.08. The SMILES string of the molecule is CC#CCOc1c(C)cc(Br)cc1CNCCOC. The minimum Gasteiger partial charge on any atom is -0.480 e. The second-order valence-corrected chi connectivity index (χ2v) is 5.01. The third-order valence-corrected chi connectivity index (χ3v) is 3.04. The van der Waals surface area contributed by atoms with Gasteiger partial charge >= 0.3 is 0 Å². The van der Waals surface area contributed by atoms with Crippen molar-refractivity contribution in [2.24, 2.45) is 0 Å². The topological polar surface area (TPSA) is 30.5 Å². The van der Waals surface area contributed by atoms with Gasteiger partial charge in [0.15, 0.2) is 0 Å². The third kappa shape index (κ3) is 5.65. The molecule has 1 rings (SSSR count). The molecule has 0 spiro atoms. The molecule has 0 aliphatic carbocycles. The zero-order chi connectivity index (χ0) is 14.1. The van der Waals surface area contributed by atoms with E-state index in [1.54, 1.807) is 7.11 Å². The van der Waals surface area contributed by atoms with Crippen LogP contribution in [-0.4, -0.2) is 26.9 Å². The number of hydrogen-bond acceptors (Lipinski definition) is 3. The van der Waals surface area contributed by atoms with Crippen LogP contribution in [-0.2, 0) is 11.3 Å². The van der Waals surface area contributed by atoms with Gasteiger partial charge in [0.2, 0.25) is 0 Å². The van der Waals surface area contributed by atoms with Crippen LogP contribution in [0.15, 0.2) is 16.6 Å². The van der Waals surface area contributed by atoms with E-state index in [2.05, 4.69) is 39.2 Å². The molecule has 0 bridgehead atoms. The Kier molecular flexibility index (Phi) is 7.57. The highest BCUT2D eigenvalue weighted by atomic mass is 79.9. The first kappa shape index (κ1) is 16.0. The van der Waals surface area contributed by atoms with Gasteiger partial charge in [-0.05, 0) is 31.5 Å². The van der Waals surface area contributed by atoms with Crippen LogP contribution < -0.4 is 10.1 Å². The Morgan fingerprint density at radius 3 is 2.84 bits per heavy atom. The smallest absolute Gasteiger partial charge is 0.149 e. The first-order valence-corrected chi connectivity index (χ1v) is 6.99. The van der Waals surface area contributed by atoms with Crippen LogP contribution in [0.1, 0.15) is 18.1 Å². The summed E-state index contributed by atoms with van der Waals surface area (Å²) in [7, 11) is 1.70. The molecule has 1 N–H and O–H groups in total. The molecule has 0 amide bonds. The van der Waals surface area contributed by atoms with Crippen molar-refractivity contribution in [2.75, 3.05) is 26.9 Å². The summed E-state index contributed by atoms with van der Waals surface area (Å²) in [4.78, 5) is 0. The van der Waals surface area contributed by atoms with Gasteiger partial charge in [0.05, 0.1) is 6.61 Å². The van der Waals surface area contributed by atoms with Gasteiger partial charge in [0.1, 0.15) is 12.4 Å². The molecule has 0 saturated heterocycles. The number of halogens is 1. The van der Waals surface area contributed by atoms with Crippen LogP contribution in [0.4, 0.5) is 0 Å². The van der Waals surface area contributed by atoms with E-state index in [9.17, 15) is 0 Å². The third-order valence-electron chi connectivity index (χ3n) is 2.58. The molecule has 0 radical (unpaired) electrons. The standard InChI is InChI=1S/C15H20BrNO2/c1-4-5-7-19-15-12(2)9-14(16)10-13(15)11-17-6-8-18-3/h9-10,17H,6-8,11H2,1-3H3. The lowest BCUT2D eigenvalue weighted by Gasteiger charge is -2.14. The van der Waals surface area contributed by atoms with Gasteiger partial charge in [-0.2, -0.15) is 0 Å². The van der Waals surface area contributed by atoms with Gasteiger partial charge in [-0.15, -0.1) is 5.92 Å². The Balaban J connectivity index is 2.76. The van der Waals surface area contributed by atoms with Gasteiger partial charge in [-0.3, -0.25) is 0 Å². The monoisotopic (exact) mass is 325 g/mol. The predicted octanol–water partition coefficient (Wildman–Crippen LogP) is 2.90. The van der Waals surface area contributed by atoms with E-state index in [0.29, 0.717) is 13.2 Å². The van der Waals surface area contributed by atoms with Crippen molar-refractivity contribution in [3.8, 4) is 17.6 Å². The lowest BCUT2D eigenvalue weighted by molar-refractivity contribution is 0.199. The molecule has 3 nitrogen and oxygen atoms in total. The van der Waals surface area contributed by atoms with E-state index in [4.69, 9.17) is 9.47 Å². The van der Waals surface area contributed by atoms with Crippen LogP contribution in [0.2, 0.25) is 0 Å². The van der Waals surface area contributed by atoms with Crippen LogP contribution >= 0.6 is 15.9 Å². The Morgan fingerprint density at radius 2 is 2.16 bits per heavy atom. The minimum absolute atomic E-state index is 0.421. The summed E-state index contributed by atoms with van der Waals surface area (Å²) >= 11 is 3.52. The zero-order valence-corrected chi connectivity index (χ0v) is 13.3. The molecule has 0 fully saturated rings. The lowest BCUT2D eigenvalue weighted by Crippen LogP contribution is -2.19. The summed E-state index contributed by atoms with van der Waals surface area (Å²) in [6, 6.07) is 4.12. The first-order valence-electron chi connectivity index (χ1n) is 6.20. The first-order chi connectivity index (χ1) is 9.19. The second-order valence-electron chi connectivity index (χ2n) is 4.10. The Hall–Kier alpha value is -1.02. The van der Waals surface area contributed by atoms with Crippen molar-refractivity contribution in [3.63, 3.8) is 0 Å². The van der Waals surface area contributed by atoms with E-state index in [1.165, 1.54) is 0 Å². The molecule has 0 aliphatic heterocycles. The molecule has 19 heavy (non-hydrogen) atoms. The molecule has 4 heteroatoms. The van der Waals surface area contributed by atoms with Crippen LogP contribution in [0.5, 0.6) is 5.75 Å². The molecule has 0 saturated carbocycles. The molecule has 0 atom stereocenters. The largest absolute Gasteiger partial charge is 0.480 e. The van der Waals surface area contributed by atoms with Gasteiger partial charge in [-0.25, -0.2) is 0 Å². The molecule has 0 aliphatic rings. The number of benzene rings is 1. The van der Waals surface area contributed by atoms with Crippen molar-refractivity contribution < 1.29 is 9.47 Å². The van der Waals surface area contributed by atoms with Gasteiger partial charge in [-0.1, -0.05) is 21.9 Å². The minimum atomic E-state index is 0.421. The number of nitrogens with one attached hydrogen (secondary N) is 1. The Labute approximate surface area is 123 Å². The van der Waals surface area contributed by atoms with Gasteiger partial charge < -0.3 is 14.8 Å². The van der Waals surface area contributed by atoms with E-state index >= 15 is 0 Å². The van der Waals surface area contributed by atoms with Crippen LogP contribution in [0, 0.1) is 18.8 Å². The molecule has 1 aromatic rings. The van der Waals surface area contributed by atoms with E-state index in [0.717, 1.165) is 34.4 Å². The number of rotatable bonds is 7. The fraction of sp³-hybridized carbons (Fsp3) is 0.467. The van der Waals surface area contributed by atoms with Crippen molar-refractivity contribution in [1.82, 2.24) is 5.32 Å². The molecule has 0 unspecified atom stereocenters. The second kappa shape index (κ2) is 8.98. The van der Waals surface area contributed by atoms with E-state index in [-0.39, 0.29) is 0 Å². The quantitative estimate of drug-likeness (QED) is 0.617. The molecule has 104 valence electrons. The Bertz CT molecular complexity index is 463. The summed E-state index contributed by atoms with van der Waals surface area (Å²) < 4.78 is 11.8. The summed E-state index contributed by atoms with van der Waals surface area (Å²) in [5.41, 5.74) is 2.23.